The molecule has 2 N–H and O–H groups in total. The van der Waals surface area contributed by atoms with Gasteiger partial charge in [-0.3, -0.25) is 4.99 Å². The maximum Gasteiger partial charge on any atom is 0.190 e. The monoisotopic (exact) mass is 463 g/mol. The van der Waals surface area contributed by atoms with Gasteiger partial charge in [0.15, 0.2) is 5.96 Å². The molecule has 0 radical (unpaired) electrons. The van der Waals surface area contributed by atoms with E-state index in [4.69, 9.17) is 4.74 Å². The van der Waals surface area contributed by atoms with E-state index < -0.39 is 0 Å². The minimum atomic E-state index is 0. The Morgan fingerprint density at radius 2 is 2.12 bits per heavy atom. The van der Waals surface area contributed by atoms with Gasteiger partial charge in [0, 0.05) is 52.3 Å². The van der Waals surface area contributed by atoms with Crippen LogP contribution in [-0.4, -0.2) is 48.9 Å². The van der Waals surface area contributed by atoms with Gasteiger partial charge in [-0.05, 0) is 38.0 Å². The average molecular weight is 463 g/mol. The standard InChI is InChI=1S/C18H33N5O.HI/c1-3-24-14-9-18(7-4-5-8-18)15-22-17(19-2)21-10-6-12-23-13-11-20-16-23;/h11,13,16H,3-10,12,14-15H2,1-2H3,(H2,19,21,22);1H. The topological polar surface area (TPSA) is 63.5 Å². The van der Waals surface area contributed by atoms with E-state index >= 15 is 0 Å². The first-order chi connectivity index (χ1) is 11.8. The van der Waals surface area contributed by atoms with Gasteiger partial charge in [0.05, 0.1) is 6.33 Å². The molecule has 0 amide bonds. The average Bonchev–Trinajstić information content (AvgIpc) is 3.27. The Balaban J connectivity index is 0.00000312. The van der Waals surface area contributed by atoms with Crippen LogP contribution in [0, 0.1) is 5.41 Å². The number of rotatable bonds is 10. The van der Waals surface area contributed by atoms with Crippen LogP contribution in [-0.2, 0) is 11.3 Å². The molecule has 1 aliphatic carbocycles. The summed E-state index contributed by atoms with van der Waals surface area (Å²) < 4.78 is 7.68. The van der Waals surface area contributed by atoms with Crippen molar-refractivity contribution in [3.63, 3.8) is 0 Å². The summed E-state index contributed by atoms with van der Waals surface area (Å²) in [4.78, 5) is 8.42. The number of ether oxygens (including phenoxy) is 1. The molecule has 144 valence electrons. The number of hydrogen-bond donors (Lipinski definition) is 2. The molecule has 7 heteroatoms. The van der Waals surface area contributed by atoms with E-state index in [1.165, 1.54) is 25.7 Å². The van der Waals surface area contributed by atoms with Gasteiger partial charge in [0.2, 0.25) is 0 Å². The zero-order valence-electron chi connectivity index (χ0n) is 15.7. The zero-order chi connectivity index (χ0) is 17.1. The van der Waals surface area contributed by atoms with Crippen molar-refractivity contribution >= 4 is 29.9 Å². The van der Waals surface area contributed by atoms with Crippen LogP contribution in [0.2, 0.25) is 0 Å². The highest BCUT2D eigenvalue weighted by Gasteiger charge is 2.33. The van der Waals surface area contributed by atoms with E-state index in [0.29, 0.717) is 5.41 Å². The normalized spacial score (nSPS) is 16.5. The lowest BCUT2D eigenvalue weighted by Gasteiger charge is -2.30. The Morgan fingerprint density at radius 3 is 2.76 bits per heavy atom. The Hall–Kier alpha value is -0.830. The molecule has 25 heavy (non-hydrogen) atoms. The first kappa shape index (κ1) is 22.2. The predicted octanol–water partition coefficient (Wildman–Crippen LogP) is 3.04. The maximum atomic E-state index is 5.59. The van der Waals surface area contributed by atoms with E-state index in [0.717, 1.165) is 51.6 Å². The summed E-state index contributed by atoms with van der Waals surface area (Å²) in [6, 6.07) is 0. The molecule has 0 bridgehead atoms. The molecule has 1 aliphatic rings. The molecule has 1 aromatic rings. The van der Waals surface area contributed by atoms with Gasteiger partial charge in [-0.15, -0.1) is 24.0 Å². The summed E-state index contributed by atoms with van der Waals surface area (Å²) in [5.74, 6) is 0.906. The number of halogens is 1. The minimum Gasteiger partial charge on any atom is -0.382 e. The minimum absolute atomic E-state index is 0. The number of aliphatic imine (C=N–C) groups is 1. The molecule has 1 aromatic heterocycles. The highest BCUT2D eigenvalue weighted by Crippen LogP contribution is 2.40. The number of aromatic nitrogens is 2. The van der Waals surface area contributed by atoms with Crippen LogP contribution in [0.3, 0.4) is 0 Å². The van der Waals surface area contributed by atoms with E-state index in [9.17, 15) is 0 Å². The molecule has 0 unspecified atom stereocenters. The van der Waals surface area contributed by atoms with Gasteiger partial charge >= 0.3 is 0 Å². The number of nitrogens with one attached hydrogen (secondary N) is 2. The van der Waals surface area contributed by atoms with Gasteiger partial charge < -0.3 is 19.9 Å². The molecular formula is C18H34IN5O. The van der Waals surface area contributed by atoms with Gasteiger partial charge in [-0.2, -0.15) is 0 Å². The number of imidazole rings is 1. The van der Waals surface area contributed by atoms with Gasteiger partial charge in [0.25, 0.3) is 0 Å². The zero-order valence-corrected chi connectivity index (χ0v) is 18.0. The van der Waals surface area contributed by atoms with Crippen molar-refractivity contribution < 1.29 is 4.74 Å². The lowest BCUT2D eigenvalue weighted by atomic mass is 9.83. The number of nitrogens with zero attached hydrogens (tertiary/aromatic N) is 3. The molecule has 1 fully saturated rings. The summed E-state index contributed by atoms with van der Waals surface area (Å²) >= 11 is 0. The number of aryl methyl sites for hydroxylation is 1. The van der Waals surface area contributed by atoms with Crippen molar-refractivity contribution in [3.8, 4) is 0 Å². The molecule has 0 saturated heterocycles. The summed E-state index contributed by atoms with van der Waals surface area (Å²) in [5, 5.41) is 6.95. The van der Waals surface area contributed by atoms with E-state index in [1.807, 2.05) is 25.8 Å². The molecule has 0 spiro atoms. The quantitative estimate of drug-likeness (QED) is 0.242. The van der Waals surface area contributed by atoms with Crippen molar-refractivity contribution in [2.45, 2.75) is 52.0 Å². The molecule has 0 aliphatic heterocycles. The Bertz CT molecular complexity index is 472. The Kier molecular flexibility index (Phi) is 11.1. The van der Waals surface area contributed by atoms with Gasteiger partial charge in [-0.25, -0.2) is 4.98 Å². The maximum absolute atomic E-state index is 5.59. The van der Waals surface area contributed by atoms with Gasteiger partial charge in [0.1, 0.15) is 0 Å². The summed E-state index contributed by atoms with van der Waals surface area (Å²) in [7, 11) is 1.84. The Morgan fingerprint density at radius 1 is 1.32 bits per heavy atom. The predicted molar refractivity (Wildman–Crippen MR) is 114 cm³/mol. The van der Waals surface area contributed by atoms with Crippen LogP contribution in [0.4, 0.5) is 0 Å². The summed E-state index contributed by atoms with van der Waals surface area (Å²) in [5.41, 5.74) is 0.379. The largest absolute Gasteiger partial charge is 0.382 e. The SMILES string of the molecule is CCOCCC1(CNC(=NC)NCCCn2ccnc2)CCCC1.I. The summed E-state index contributed by atoms with van der Waals surface area (Å²) in [6.45, 7) is 6.61. The third kappa shape index (κ3) is 7.94. The van der Waals surface area contributed by atoms with Crippen LogP contribution in [0.25, 0.3) is 0 Å². The lowest BCUT2D eigenvalue weighted by Crippen LogP contribution is -2.43. The smallest absolute Gasteiger partial charge is 0.190 e. The van der Waals surface area contributed by atoms with Crippen molar-refractivity contribution in [1.29, 1.82) is 0 Å². The number of hydrogen-bond acceptors (Lipinski definition) is 3. The highest BCUT2D eigenvalue weighted by atomic mass is 127. The second kappa shape index (κ2) is 12.5. The first-order valence-electron chi connectivity index (χ1n) is 9.26. The fraction of sp³-hybridized carbons (Fsp3) is 0.778. The van der Waals surface area contributed by atoms with Crippen molar-refractivity contribution in [2.75, 3.05) is 33.4 Å². The van der Waals surface area contributed by atoms with Crippen molar-refractivity contribution in [1.82, 2.24) is 20.2 Å². The molecule has 1 heterocycles. The Labute approximate surface area is 169 Å². The van der Waals surface area contributed by atoms with Crippen LogP contribution >= 0.6 is 24.0 Å². The van der Waals surface area contributed by atoms with Crippen LogP contribution in [0.15, 0.2) is 23.7 Å². The van der Waals surface area contributed by atoms with Gasteiger partial charge in [-0.1, -0.05) is 12.8 Å². The van der Waals surface area contributed by atoms with Crippen LogP contribution < -0.4 is 10.6 Å². The van der Waals surface area contributed by atoms with E-state index in [-0.39, 0.29) is 24.0 Å². The number of guanidine groups is 1. The van der Waals surface area contributed by atoms with E-state index in [1.54, 1.807) is 0 Å². The second-order valence-corrected chi connectivity index (χ2v) is 6.66. The summed E-state index contributed by atoms with van der Waals surface area (Å²) in [6.07, 6.45) is 13.1. The van der Waals surface area contributed by atoms with Crippen molar-refractivity contribution in [3.05, 3.63) is 18.7 Å². The molecule has 6 nitrogen and oxygen atoms in total. The second-order valence-electron chi connectivity index (χ2n) is 6.66. The molecular weight excluding hydrogens is 429 g/mol. The fourth-order valence-electron chi connectivity index (χ4n) is 3.45. The van der Waals surface area contributed by atoms with Crippen molar-refractivity contribution in [2.24, 2.45) is 10.4 Å². The molecule has 1 saturated carbocycles. The lowest BCUT2D eigenvalue weighted by molar-refractivity contribution is 0.105. The fourth-order valence-corrected chi connectivity index (χ4v) is 3.45. The highest BCUT2D eigenvalue weighted by molar-refractivity contribution is 14.0. The first-order valence-corrected chi connectivity index (χ1v) is 9.26. The van der Waals surface area contributed by atoms with Crippen LogP contribution in [0.1, 0.15) is 45.4 Å². The van der Waals surface area contributed by atoms with E-state index in [2.05, 4.69) is 32.1 Å². The molecule has 2 rings (SSSR count). The molecule has 0 aromatic carbocycles. The third-order valence-electron chi connectivity index (χ3n) is 4.94. The molecule has 0 atom stereocenters. The van der Waals surface area contributed by atoms with Crippen LogP contribution in [0.5, 0.6) is 0 Å². The third-order valence-corrected chi connectivity index (χ3v) is 4.94.